The highest BCUT2D eigenvalue weighted by molar-refractivity contribution is 7.89. The lowest BCUT2D eigenvalue weighted by molar-refractivity contribution is -0.140. The molecule has 0 saturated carbocycles. The standard InChI is InChI=1S/C19H19Cl2NO4S/c1-13-2-5-16(6-3-13)27(24,25)22-10-8-14(9-11-22)19(23)26-18-7-4-15(20)12-17(18)21/h2-7,12,14H,8-11H2,1H3. The van der Waals surface area contributed by atoms with E-state index < -0.39 is 16.0 Å². The van der Waals surface area contributed by atoms with Crippen LogP contribution in [-0.2, 0) is 14.8 Å². The van der Waals surface area contributed by atoms with Gasteiger partial charge in [-0.3, -0.25) is 4.79 Å². The molecule has 0 bridgehead atoms. The van der Waals surface area contributed by atoms with Gasteiger partial charge >= 0.3 is 5.97 Å². The molecule has 2 aromatic carbocycles. The summed E-state index contributed by atoms with van der Waals surface area (Å²) in [6.45, 7) is 2.44. The van der Waals surface area contributed by atoms with Gasteiger partial charge in [0.15, 0.2) is 0 Å². The fourth-order valence-corrected chi connectivity index (χ4v) is 4.86. The highest BCUT2D eigenvalue weighted by atomic mass is 35.5. The normalized spacial score (nSPS) is 16.3. The van der Waals surface area contributed by atoms with Crippen molar-refractivity contribution in [1.82, 2.24) is 4.31 Å². The average molecular weight is 428 g/mol. The summed E-state index contributed by atoms with van der Waals surface area (Å²) in [6.07, 6.45) is 0.796. The fourth-order valence-electron chi connectivity index (χ4n) is 2.94. The van der Waals surface area contributed by atoms with E-state index in [0.29, 0.717) is 17.9 Å². The second kappa shape index (κ2) is 8.19. The number of piperidine rings is 1. The van der Waals surface area contributed by atoms with E-state index in [2.05, 4.69) is 0 Å². The zero-order valence-electron chi connectivity index (χ0n) is 14.7. The van der Waals surface area contributed by atoms with E-state index in [-0.39, 0.29) is 34.7 Å². The number of hydrogen-bond acceptors (Lipinski definition) is 4. The van der Waals surface area contributed by atoms with Crippen molar-refractivity contribution in [3.05, 3.63) is 58.1 Å². The molecule has 1 heterocycles. The van der Waals surface area contributed by atoms with Gasteiger partial charge < -0.3 is 4.74 Å². The third kappa shape index (κ3) is 4.63. The molecule has 0 spiro atoms. The Morgan fingerprint density at radius 3 is 2.30 bits per heavy atom. The van der Waals surface area contributed by atoms with Gasteiger partial charge in [0.2, 0.25) is 10.0 Å². The molecule has 144 valence electrons. The summed E-state index contributed by atoms with van der Waals surface area (Å²) in [7, 11) is -3.55. The molecule has 0 radical (unpaired) electrons. The molecule has 8 heteroatoms. The number of sulfonamides is 1. The van der Waals surface area contributed by atoms with Crippen molar-refractivity contribution in [3.63, 3.8) is 0 Å². The Kier molecular flexibility index (Phi) is 6.11. The van der Waals surface area contributed by atoms with Crippen LogP contribution in [0.15, 0.2) is 47.4 Å². The summed E-state index contributed by atoms with van der Waals surface area (Å²) >= 11 is 11.9. The Bertz CT molecular complexity index is 937. The van der Waals surface area contributed by atoms with Gasteiger partial charge in [-0.25, -0.2) is 8.42 Å². The second-order valence-electron chi connectivity index (χ2n) is 6.49. The lowest BCUT2D eigenvalue weighted by Gasteiger charge is -2.30. The molecule has 0 aliphatic carbocycles. The number of halogens is 2. The van der Waals surface area contributed by atoms with Gasteiger partial charge in [0, 0.05) is 18.1 Å². The monoisotopic (exact) mass is 427 g/mol. The molecule has 0 amide bonds. The minimum Gasteiger partial charge on any atom is -0.425 e. The van der Waals surface area contributed by atoms with E-state index in [1.165, 1.54) is 10.4 Å². The molecule has 0 atom stereocenters. The van der Waals surface area contributed by atoms with Crippen molar-refractivity contribution in [2.75, 3.05) is 13.1 Å². The third-order valence-electron chi connectivity index (χ3n) is 4.55. The number of carbonyl (C=O) groups is 1. The van der Waals surface area contributed by atoms with E-state index in [4.69, 9.17) is 27.9 Å². The van der Waals surface area contributed by atoms with E-state index in [0.717, 1.165) is 5.56 Å². The molecule has 0 unspecified atom stereocenters. The van der Waals surface area contributed by atoms with Gasteiger partial charge in [0.25, 0.3) is 0 Å². The van der Waals surface area contributed by atoms with Crippen LogP contribution in [-0.4, -0.2) is 31.8 Å². The van der Waals surface area contributed by atoms with Gasteiger partial charge in [0.1, 0.15) is 5.75 Å². The summed E-state index contributed by atoms with van der Waals surface area (Å²) in [5, 5.41) is 0.713. The van der Waals surface area contributed by atoms with Crippen molar-refractivity contribution in [3.8, 4) is 5.75 Å². The average Bonchev–Trinajstić information content (AvgIpc) is 2.64. The first-order chi connectivity index (χ1) is 12.8. The molecule has 5 nitrogen and oxygen atoms in total. The lowest BCUT2D eigenvalue weighted by Crippen LogP contribution is -2.41. The molecule has 1 saturated heterocycles. The number of nitrogens with zero attached hydrogens (tertiary/aromatic N) is 1. The Morgan fingerprint density at radius 2 is 1.70 bits per heavy atom. The van der Waals surface area contributed by atoms with Crippen LogP contribution in [0.4, 0.5) is 0 Å². The minimum absolute atomic E-state index is 0.251. The zero-order chi connectivity index (χ0) is 19.6. The second-order valence-corrected chi connectivity index (χ2v) is 9.27. The summed E-state index contributed by atoms with van der Waals surface area (Å²) in [4.78, 5) is 12.7. The van der Waals surface area contributed by atoms with Crippen molar-refractivity contribution in [2.45, 2.75) is 24.7 Å². The van der Waals surface area contributed by atoms with Gasteiger partial charge in [-0.2, -0.15) is 4.31 Å². The van der Waals surface area contributed by atoms with Crippen LogP contribution < -0.4 is 4.74 Å². The maximum Gasteiger partial charge on any atom is 0.314 e. The van der Waals surface area contributed by atoms with Gasteiger partial charge in [-0.1, -0.05) is 40.9 Å². The largest absolute Gasteiger partial charge is 0.425 e. The maximum absolute atomic E-state index is 12.7. The minimum atomic E-state index is -3.55. The van der Waals surface area contributed by atoms with Crippen molar-refractivity contribution in [1.29, 1.82) is 0 Å². The Balaban J connectivity index is 1.62. The first-order valence-corrected chi connectivity index (χ1v) is 10.7. The van der Waals surface area contributed by atoms with Crippen molar-refractivity contribution in [2.24, 2.45) is 5.92 Å². The highest BCUT2D eigenvalue weighted by Gasteiger charge is 2.33. The molecule has 0 aromatic heterocycles. The first-order valence-electron chi connectivity index (χ1n) is 8.51. The quantitative estimate of drug-likeness (QED) is 0.538. The van der Waals surface area contributed by atoms with E-state index >= 15 is 0 Å². The summed E-state index contributed by atoms with van der Waals surface area (Å²) in [5.41, 5.74) is 0.997. The topological polar surface area (TPSA) is 63.7 Å². The smallest absolute Gasteiger partial charge is 0.314 e. The Morgan fingerprint density at radius 1 is 1.07 bits per heavy atom. The lowest BCUT2D eigenvalue weighted by atomic mass is 9.98. The molecule has 1 aliphatic rings. The van der Waals surface area contributed by atoms with Crippen LogP contribution in [0.1, 0.15) is 18.4 Å². The van der Waals surface area contributed by atoms with Crippen LogP contribution in [0.5, 0.6) is 5.75 Å². The number of carbonyl (C=O) groups excluding carboxylic acids is 1. The molecule has 0 N–H and O–H groups in total. The summed E-state index contributed by atoms with van der Waals surface area (Å²) in [5.74, 6) is -0.534. The third-order valence-corrected chi connectivity index (χ3v) is 6.99. The number of esters is 1. The molecule has 1 aliphatic heterocycles. The van der Waals surface area contributed by atoms with Crippen molar-refractivity contribution >= 4 is 39.2 Å². The van der Waals surface area contributed by atoms with E-state index in [1.54, 1.807) is 36.4 Å². The molecular weight excluding hydrogens is 409 g/mol. The van der Waals surface area contributed by atoms with Crippen LogP contribution >= 0.6 is 23.2 Å². The van der Waals surface area contributed by atoms with Gasteiger partial charge in [0.05, 0.1) is 15.8 Å². The molecule has 2 aromatic rings. The van der Waals surface area contributed by atoms with Crippen LogP contribution in [0, 0.1) is 12.8 Å². The fraction of sp³-hybridized carbons (Fsp3) is 0.316. The van der Waals surface area contributed by atoms with E-state index in [9.17, 15) is 13.2 Å². The molecule has 3 rings (SSSR count). The number of hydrogen-bond donors (Lipinski definition) is 0. The zero-order valence-corrected chi connectivity index (χ0v) is 17.0. The summed E-state index contributed by atoms with van der Waals surface area (Å²) in [6, 6.07) is 11.4. The van der Waals surface area contributed by atoms with Gasteiger partial charge in [-0.15, -0.1) is 0 Å². The molecule has 27 heavy (non-hydrogen) atoms. The first kappa shape index (κ1) is 20.1. The van der Waals surface area contributed by atoms with Crippen LogP contribution in [0.3, 0.4) is 0 Å². The molecular formula is C19H19Cl2NO4S. The number of aryl methyl sites for hydroxylation is 1. The van der Waals surface area contributed by atoms with Crippen molar-refractivity contribution < 1.29 is 17.9 Å². The molecule has 1 fully saturated rings. The number of rotatable bonds is 4. The Labute approximate surface area is 168 Å². The summed E-state index contributed by atoms with van der Waals surface area (Å²) < 4.78 is 32.2. The highest BCUT2D eigenvalue weighted by Crippen LogP contribution is 2.30. The number of ether oxygens (including phenoxy) is 1. The van der Waals surface area contributed by atoms with E-state index in [1.807, 2.05) is 6.92 Å². The van der Waals surface area contributed by atoms with Gasteiger partial charge in [-0.05, 0) is 50.1 Å². The predicted octanol–water partition coefficient (Wildman–Crippen LogP) is 4.31. The van der Waals surface area contributed by atoms with Crippen LogP contribution in [0.25, 0.3) is 0 Å². The SMILES string of the molecule is Cc1ccc(S(=O)(=O)N2CCC(C(=O)Oc3ccc(Cl)cc3Cl)CC2)cc1. The predicted molar refractivity (Wildman–Crippen MR) is 105 cm³/mol. The van der Waals surface area contributed by atoms with Crippen LogP contribution in [0.2, 0.25) is 10.0 Å². The Hall–Kier alpha value is -1.60. The maximum atomic E-state index is 12.7. The number of benzene rings is 2.